The molecule has 0 unspecified atom stereocenters. The molecule has 0 atom stereocenters. The van der Waals surface area contributed by atoms with E-state index in [2.05, 4.69) is 10.1 Å². The quantitative estimate of drug-likeness (QED) is 0.663. The van der Waals surface area contributed by atoms with Gasteiger partial charge >= 0.3 is 5.97 Å². The third-order valence-corrected chi connectivity index (χ3v) is 4.48. The molecule has 0 aliphatic heterocycles. The molecule has 2 aromatic heterocycles. The molecule has 0 N–H and O–H groups in total. The monoisotopic (exact) mass is 365 g/mol. The second kappa shape index (κ2) is 6.75. The van der Waals surface area contributed by atoms with Crippen molar-refractivity contribution in [3.8, 4) is 17.1 Å². The van der Waals surface area contributed by atoms with Gasteiger partial charge in [0.05, 0.1) is 18.5 Å². The van der Waals surface area contributed by atoms with Crippen LogP contribution in [0.3, 0.4) is 0 Å². The number of rotatable bonds is 4. The van der Waals surface area contributed by atoms with Gasteiger partial charge in [-0.05, 0) is 31.0 Å². The van der Waals surface area contributed by atoms with Gasteiger partial charge in [0.25, 0.3) is 0 Å². The molecule has 0 bridgehead atoms. The molecule has 0 fully saturated rings. The average Bonchev–Trinajstić information content (AvgIpc) is 3.25. The molecule has 3 aromatic rings. The van der Waals surface area contributed by atoms with Crippen molar-refractivity contribution in [1.82, 2.24) is 14.8 Å². The first-order chi connectivity index (χ1) is 13.1. The van der Waals surface area contributed by atoms with E-state index in [0.29, 0.717) is 17.7 Å². The smallest absolute Gasteiger partial charge is 0.344 e. The topological polar surface area (TPSA) is 74.1 Å². The van der Waals surface area contributed by atoms with Crippen LogP contribution in [0.15, 0.2) is 42.6 Å². The summed E-state index contributed by atoms with van der Waals surface area (Å²) in [6.07, 6.45) is 2.33. The van der Waals surface area contributed by atoms with Crippen LogP contribution in [-0.2, 0) is 11.2 Å². The largest absolute Gasteiger partial charge is 0.462 e. The van der Waals surface area contributed by atoms with Gasteiger partial charge in [0.1, 0.15) is 5.56 Å². The van der Waals surface area contributed by atoms with E-state index in [1.54, 1.807) is 25.1 Å². The minimum absolute atomic E-state index is 0.0858. The number of hydrogen-bond acceptors (Lipinski definition) is 5. The summed E-state index contributed by atoms with van der Waals surface area (Å²) in [5.41, 5.74) is 2.69. The summed E-state index contributed by atoms with van der Waals surface area (Å²) in [5.74, 6) is -1.32. The van der Waals surface area contributed by atoms with Gasteiger partial charge in [-0.2, -0.15) is 14.2 Å². The fraction of sp³-hybridized carbons (Fsp3) is 0.200. The van der Waals surface area contributed by atoms with E-state index in [4.69, 9.17) is 4.74 Å². The highest BCUT2D eigenvalue weighted by molar-refractivity contribution is 6.05. The minimum Gasteiger partial charge on any atom is -0.462 e. The van der Waals surface area contributed by atoms with Crippen LogP contribution in [0.25, 0.3) is 17.1 Å². The van der Waals surface area contributed by atoms with Gasteiger partial charge in [0.2, 0.25) is 5.95 Å². The number of aromatic nitrogens is 3. The summed E-state index contributed by atoms with van der Waals surface area (Å²) in [4.78, 5) is 28.5. The summed E-state index contributed by atoms with van der Waals surface area (Å²) < 4.78 is 20.4. The van der Waals surface area contributed by atoms with Gasteiger partial charge in [-0.3, -0.25) is 4.79 Å². The van der Waals surface area contributed by atoms with E-state index in [1.165, 1.54) is 0 Å². The third-order valence-electron chi connectivity index (χ3n) is 4.48. The Morgan fingerprint density at radius 2 is 2.04 bits per heavy atom. The lowest BCUT2D eigenvalue weighted by atomic mass is 10.00. The number of hydrogen-bond donors (Lipinski definition) is 0. The van der Waals surface area contributed by atoms with Crippen LogP contribution >= 0.6 is 0 Å². The molecule has 1 aliphatic rings. The minimum atomic E-state index is -0.840. The van der Waals surface area contributed by atoms with Crippen LogP contribution in [0, 0.1) is 5.95 Å². The number of Topliss-reactive ketones (excluding diaryl/α,β-unsaturated/α-hetero) is 1. The summed E-state index contributed by atoms with van der Waals surface area (Å²) in [6, 6.07) is 10.7. The van der Waals surface area contributed by atoms with Gasteiger partial charge in [0.15, 0.2) is 11.6 Å². The van der Waals surface area contributed by atoms with Gasteiger partial charge in [-0.25, -0.2) is 9.78 Å². The van der Waals surface area contributed by atoms with Gasteiger partial charge in [-0.1, -0.05) is 24.3 Å². The molecule has 27 heavy (non-hydrogen) atoms. The van der Waals surface area contributed by atoms with Crippen LogP contribution < -0.4 is 0 Å². The Hall–Kier alpha value is -3.35. The Morgan fingerprint density at radius 3 is 2.85 bits per heavy atom. The Morgan fingerprint density at radius 1 is 1.22 bits per heavy atom. The van der Waals surface area contributed by atoms with Crippen molar-refractivity contribution in [1.29, 1.82) is 0 Å². The number of halogens is 1. The lowest BCUT2D eigenvalue weighted by Gasteiger charge is -2.09. The van der Waals surface area contributed by atoms with Crippen LogP contribution in [0.2, 0.25) is 0 Å². The lowest BCUT2D eigenvalue weighted by molar-refractivity contribution is 0.0520. The van der Waals surface area contributed by atoms with Crippen molar-refractivity contribution < 1.29 is 18.7 Å². The molecule has 0 saturated heterocycles. The molecule has 4 rings (SSSR count). The predicted octanol–water partition coefficient (Wildman–Crippen LogP) is 3.38. The van der Waals surface area contributed by atoms with E-state index in [0.717, 1.165) is 28.4 Å². The maximum Gasteiger partial charge on any atom is 0.344 e. The number of ether oxygens (including phenoxy) is 1. The summed E-state index contributed by atoms with van der Waals surface area (Å²) in [5, 5.41) is 3.92. The summed E-state index contributed by atoms with van der Waals surface area (Å²) in [7, 11) is 0. The average molecular weight is 365 g/mol. The number of pyridine rings is 1. The van der Waals surface area contributed by atoms with Crippen molar-refractivity contribution in [2.45, 2.75) is 19.8 Å². The van der Waals surface area contributed by atoms with Crippen molar-refractivity contribution in [3.63, 3.8) is 0 Å². The van der Waals surface area contributed by atoms with E-state index < -0.39 is 11.9 Å². The molecule has 6 nitrogen and oxygen atoms in total. The molecule has 0 amide bonds. The van der Waals surface area contributed by atoms with Crippen LogP contribution in [0.4, 0.5) is 4.39 Å². The maximum absolute atomic E-state index is 14.6. The zero-order chi connectivity index (χ0) is 19.0. The van der Waals surface area contributed by atoms with Gasteiger partial charge < -0.3 is 4.74 Å². The summed E-state index contributed by atoms with van der Waals surface area (Å²) >= 11 is 0. The number of aryl methyl sites for hydroxylation is 1. The fourth-order valence-corrected chi connectivity index (χ4v) is 3.25. The number of carbonyl (C=O) groups excluding carboxylic acids is 2. The number of fused-ring (bicyclic) bond motifs is 1. The zero-order valence-electron chi connectivity index (χ0n) is 14.6. The van der Waals surface area contributed by atoms with E-state index >= 15 is 0 Å². The Kier molecular flexibility index (Phi) is 4.27. The molecule has 136 valence electrons. The molecule has 0 radical (unpaired) electrons. The van der Waals surface area contributed by atoms with E-state index in [-0.39, 0.29) is 23.8 Å². The maximum atomic E-state index is 14.6. The van der Waals surface area contributed by atoms with Crippen molar-refractivity contribution in [2.24, 2.45) is 0 Å². The highest BCUT2D eigenvalue weighted by Gasteiger charge is 2.24. The predicted molar refractivity (Wildman–Crippen MR) is 95.4 cm³/mol. The fourth-order valence-electron chi connectivity index (χ4n) is 3.25. The zero-order valence-corrected chi connectivity index (χ0v) is 14.6. The molecule has 1 aromatic carbocycles. The standard InChI is InChI=1S/C20H16FN3O3/c1-2-27-20(26)14-11-22-24(19(14)21)17-8-4-7-15(23-17)13-6-3-5-12-9-10-16(25)18(12)13/h3-8,11H,2,9-10H2,1H3. The first-order valence-electron chi connectivity index (χ1n) is 8.63. The van der Waals surface area contributed by atoms with Crippen LogP contribution in [0.5, 0.6) is 0 Å². The Balaban J connectivity index is 1.77. The van der Waals surface area contributed by atoms with Crippen LogP contribution in [-0.4, -0.2) is 33.1 Å². The lowest BCUT2D eigenvalue weighted by Crippen LogP contribution is -2.09. The number of nitrogens with zero attached hydrogens (tertiary/aromatic N) is 3. The van der Waals surface area contributed by atoms with Crippen molar-refractivity contribution in [3.05, 3.63) is 65.2 Å². The number of carbonyl (C=O) groups is 2. The first-order valence-corrected chi connectivity index (χ1v) is 8.63. The molecule has 2 heterocycles. The molecule has 7 heteroatoms. The summed E-state index contributed by atoms with van der Waals surface area (Å²) in [6.45, 7) is 1.79. The third kappa shape index (κ3) is 2.91. The molecule has 0 saturated carbocycles. The van der Waals surface area contributed by atoms with Gasteiger partial charge in [-0.15, -0.1) is 0 Å². The number of ketones is 1. The van der Waals surface area contributed by atoms with Gasteiger partial charge in [0, 0.05) is 17.5 Å². The number of benzene rings is 1. The highest BCUT2D eigenvalue weighted by Crippen LogP contribution is 2.31. The van der Waals surface area contributed by atoms with Crippen molar-refractivity contribution >= 4 is 11.8 Å². The normalized spacial score (nSPS) is 12.9. The number of esters is 1. The van der Waals surface area contributed by atoms with Crippen molar-refractivity contribution in [2.75, 3.05) is 6.61 Å². The first kappa shape index (κ1) is 17.1. The molecule has 0 spiro atoms. The van der Waals surface area contributed by atoms with E-state index in [9.17, 15) is 14.0 Å². The molecular weight excluding hydrogens is 349 g/mol. The second-order valence-electron chi connectivity index (χ2n) is 6.13. The highest BCUT2D eigenvalue weighted by atomic mass is 19.1. The Labute approximate surface area is 154 Å². The molecule has 1 aliphatic carbocycles. The SMILES string of the molecule is CCOC(=O)c1cnn(-c2cccc(-c3cccc4c3C(=O)CC4)n2)c1F. The Bertz CT molecular complexity index is 1060. The van der Waals surface area contributed by atoms with E-state index in [1.807, 2.05) is 18.2 Å². The van der Waals surface area contributed by atoms with Crippen LogP contribution in [0.1, 0.15) is 39.6 Å². The second-order valence-corrected chi connectivity index (χ2v) is 6.13. The molecular formula is C20H16FN3O3.